The van der Waals surface area contributed by atoms with Crippen LogP contribution < -0.4 is 4.90 Å². The maximum Gasteiger partial charge on any atom is 0.159 e. The van der Waals surface area contributed by atoms with Crippen molar-refractivity contribution in [2.24, 2.45) is 0 Å². The summed E-state index contributed by atoms with van der Waals surface area (Å²) < 4.78 is 11.6. The van der Waals surface area contributed by atoms with Crippen molar-refractivity contribution in [3.05, 3.63) is 182 Å². The van der Waals surface area contributed by atoms with E-state index >= 15 is 0 Å². The van der Waals surface area contributed by atoms with Crippen molar-refractivity contribution < 1.29 is 4.42 Å². The van der Waals surface area contributed by atoms with Crippen LogP contribution in [0.2, 0.25) is 0 Å². The Morgan fingerprint density at radius 1 is 0.462 bits per heavy atom. The fraction of sp³-hybridized carbons (Fsp3) is 0. The molecule has 52 heavy (non-hydrogen) atoms. The molecule has 0 aliphatic heterocycles. The van der Waals surface area contributed by atoms with Gasteiger partial charge in [0, 0.05) is 48.3 Å². The predicted octanol–water partition coefficient (Wildman–Crippen LogP) is 14.2. The summed E-state index contributed by atoms with van der Waals surface area (Å²) in [4.78, 5) is 2.40. The Kier molecular flexibility index (Phi) is 6.42. The Morgan fingerprint density at radius 2 is 1.08 bits per heavy atom. The first-order valence-corrected chi connectivity index (χ1v) is 18.4. The van der Waals surface area contributed by atoms with Crippen LogP contribution in [-0.4, -0.2) is 4.57 Å². The minimum Gasteiger partial charge on any atom is -0.454 e. The molecule has 0 fully saturated rings. The van der Waals surface area contributed by atoms with Gasteiger partial charge in [-0.1, -0.05) is 127 Å². The molecular weight excluding hydrogens is 653 g/mol. The van der Waals surface area contributed by atoms with Crippen molar-refractivity contribution >= 4 is 92.3 Å². The van der Waals surface area contributed by atoms with Crippen LogP contribution in [0.5, 0.6) is 0 Å². The van der Waals surface area contributed by atoms with Gasteiger partial charge < -0.3 is 13.9 Å². The average Bonchev–Trinajstić information content (AvgIpc) is 3.89. The molecule has 3 nitrogen and oxygen atoms in total. The molecule has 0 aliphatic rings. The number of thiophene rings is 1. The number of fused-ring (bicyclic) bond motifs is 9. The highest BCUT2D eigenvalue weighted by Crippen LogP contribution is 2.48. The SMILES string of the molecule is c1cc(-c2ccccc2-n2c3ccccc3c3ccccc32)cc(N(c2cccc3c2oc2ccccc23)c2cccc3c2sc2ccccc23)c1. The Labute approximate surface area is 303 Å². The molecule has 244 valence electrons. The van der Waals surface area contributed by atoms with Gasteiger partial charge in [0.1, 0.15) is 5.58 Å². The van der Waals surface area contributed by atoms with Crippen LogP contribution >= 0.6 is 11.3 Å². The molecule has 0 spiro atoms. The lowest BCUT2D eigenvalue weighted by Gasteiger charge is -2.27. The van der Waals surface area contributed by atoms with E-state index in [1.165, 1.54) is 42.0 Å². The number of nitrogens with zero attached hydrogens (tertiary/aromatic N) is 2. The van der Waals surface area contributed by atoms with Crippen LogP contribution in [0.3, 0.4) is 0 Å². The van der Waals surface area contributed by atoms with Gasteiger partial charge in [-0.2, -0.15) is 0 Å². The van der Waals surface area contributed by atoms with Gasteiger partial charge in [0.2, 0.25) is 0 Å². The molecular formula is C48H30N2OS. The summed E-state index contributed by atoms with van der Waals surface area (Å²) in [7, 11) is 0. The lowest BCUT2D eigenvalue weighted by molar-refractivity contribution is 0.669. The normalized spacial score (nSPS) is 11.8. The molecule has 0 bridgehead atoms. The lowest BCUT2D eigenvalue weighted by Crippen LogP contribution is -2.10. The molecule has 8 aromatic carbocycles. The lowest BCUT2D eigenvalue weighted by atomic mass is 10.0. The van der Waals surface area contributed by atoms with Crippen LogP contribution in [0.1, 0.15) is 0 Å². The van der Waals surface area contributed by atoms with Gasteiger partial charge in [-0.25, -0.2) is 0 Å². The molecule has 0 N–H and O–H groups in total. The fourth-order valence-electron chi connectivity index (χ4n) is 8.13. The highest BCUT2D eigenvalue weighted by molar-refractivity contribution is 7.26. The minimum absolute atomic E-state index is 0.873. The van der Waals surface area contributed by atoms with Crippen LogP contribution in [0.25, 0.3) is 80.7 Å². The van der Waals surface area contributed by atoms with Crippen molar-refractivity contribution in [2.75, 3.05) is 4.90 Å². The second-order valence-corrected chi connectivity index (χ2v) is 14.3. The number of benzene rings is 8. The maximum absolute atomic E-state index is 6.70. The molecule has 0 aliphatic carbocycles. The van der Waals surface area contributed by atoms with Crippen molar-refractivity contribution in [2.45, 2.75) is 0 Å². The van der Waals surface area contributed by atoms with Crippen molar-refractivity contribution in [1.82, 2.24) is 4.57 Å². The van der Waals surface area contributed by atoms with E-state index in [9.17, 15) is 0 Å². The molecule has 4 heteroatoms. The Bertz CT molecular complexity index is 3000. The van der Waals surface area contributed by atoms with Crippen LogP contribution in [0.15, 0.2) is 186 Å². The zero-order chi connectivity index (χ0) is 34.2. The minimum atomic E-state index is 0.873. The molecule has 0 unspecified atom stereocenters. The molecule has 0 amide bonds. The highest BCUT2D eigenvalue weighted by atomic mass is 32.1. The molecule has 11 aromatic rings. The number of hydrogen-bond acceptors (Lipinski definition) is 3. The third kappa shape index (κ3) is 4.31. The number of aromatic nitrogens is 1. The molecule has 3 heterocycles. The fourth-order valence-corrected chi connectivity index (χ4v) is 9.34. The van der Waals surface area contributed by atoms with Crippen molar-refractivity contribution in [3.8, 4) is 16.8 Å². The van der Waals surface area contributed by atoms with E-state index in [1.807, 2.05) is 17.4 Å². The molecule has 0 saturated heterocycles. The molecule has 0 atom stereocenters. The summed E-state index contributed by atoms with van der Waals surface area (Å²) in [6.07, 6.45) is 0. The van der Waals surface area contributed by atoms with Crippen LogP contribution in [0, 0.1) is 0 Å². The smallest absolute Gasteiger partial charge is 0.159 e. The largest absolute Gasteiger partial charge is 0.454 e. The van der Waals surface area contributed by atoms with E-state index < -0.39 is 0 Å². The monoisotopic (exact) mass is 682 g/mol. The van der Waals surface area contributed by atoms with E-state index in [-0.39, 0.29) is 0 Å². The van der Waals surface area contributed by atoms with E-state index in [0.29, 0.717) is 0 Å². The van der Waals surface area contributed by atoms with Gasteiger partial charge in [0.25, 0.3) is 0 Å². The van der Waals surface area contributed by atoms with Crippen LogP contribution in [-0.2, 0) is 0 Å². The highest BCUT2D eigenvalue weighted by Gasteiger charge is 2.23. The number of hydrogen-bond donors (Lipinski definition) is 0. The Balaban J connectivity index is 1.17. The van der Waals surface area contributed by atoms with E-state index in [1.54, 1.807) is 0 Å². The number of furan rings is 1. The summed E-state index contributed by atoms with van der Waals surface area (Å²) in [6.45, 7) is 0. The van der Waals surface area contributed by atoms with Gasteiger partial charge in [-0.05, 0) is 60.2 Å². The number of rotatable bonds is 5. The third-order valence-electron chi connectivity index (χ3n) is 10.4. The quantitative estimate of drug-likeness (QED) is 0.180. The first-order chi connectivity index (χ1) is 25.8. The Morgan fingerprint density at radius 3 is 1.90 bits per heavy atom. The second-order valence-electron chi connectivity index (χ2n) is 13.3. The summed E-state index contributed by atoms with van der Waals surface area (Å²) in [5, 5.41) is 7.27. The first-order valence-electron chi connectivity index (χ1n) is 17.6. The topological polar surface area (TPSA) is 21.3 Å². The standard InChI is InChI=1S/C48H30N2OS/c1-6-23-40(50-41-24-7-2-17-34(41)35-18-3-8-25-42(35)50)33(16-1)31-14-11-15-32(30-31)49(43-26-12-21-38-36-19-4-9-28-45(36)51-47(38)43)44-27-13-22-39-37-20-5-10-29-46(37)52-48(39)44/h1-30H. The molecule has 0 saturated carbocycles. The molecule has 3 aromatic heterocycles. The summed E-state index contributed by atoms with van der Waals surface area (Å²) in [5.74, 6) is 0. The average molecular weight is 683 g/mol. The van der Waals surface area contributed by atoms with Gasteiger partial charge >= 0.3 is 0 Å². The summed E-state index contributed by atoms with van der Waals surface area (Å²) in [6, 6.07) is 65.4. The second kappa shape index (κ2) is 11.5. The zero-order valence-electron chi connectivity index (χ0n) is 28.0. The summed E-state index contributed by atoms with van der Waals surface area (Å²) >= 11 is 1.84. The summed E-state index contributed by atoms with van der Waals surface area (Å²) in [5.41, 5.74) is 10.8. The number of anilines is 3. The van der Waals surface area contributed by atoms with Gasteiger partial charge in [-0.15, -0.1) is 11.3 Å². The number of para-hydroxylation sites is 5. The Hall–Kier alpha value is -6.62. The van der Waals surface area contributed by atoms with Gasteiger partial charge in [0.05, 0.1) is 32.8 Å². The van der Waals surface area contributed by atoms with Gasteiger partial charge in [-0.3, -0.25) is 0 Å². The van der Waals surface area contributed by atoms with Crippen molar-refractivity contribution in [3.63, 3.8) is 0 Å². The van der Waals surface area contributed by atoms with Crippen LogP contribution in [0.4, 0.5) is 17.1 Å². The zero-order valence-corrected chi connectivity index (χ0v) is 28.8. The van der Waals surface area contributed by atoms with E-state index in [4.69, 9.17) is 4.42 Å². The molecule has 11 rings (SSSR count). The predicted molar refractivity (Wildman–Crippen MR) is 221 cm³/mol. The van der Waals surface area contributed by atoms with Crippen molar-refractivity contribution in [1.29, 1.82) is 0 Å². The first kappa shape index (κ1) is 29.1. The van der Waals surface area contributed by atoms with E-state index in [2.05, 4.69) is 185 Å². The van der Waals surface area contributed by atoms with Gasteiger partial charge in [0.15, 0.2) is 5.58 Å². The van der Waals surface area contributed by atoms with E-state index in [0.717, 1.165) is 55.8 Å². The molecule has 0 radical (unpaired) electrons. The third-order valence-corrected chi connectivity index (χ3v) is 11.6. The maximum atomic E-state index is 6.70.